The summed E-state index contributed by atoms with van der Waals surface area (Å²) in [6, 6.07) is 6.63. The molecule has 3 aromatic rings. The lowest BCUT2D eigenvalue weighted by Gasteiger charge is -2.08. The summed E-state index contributed by atoms with van der Waals surface area (Å²) in [6.45, 7) is 4.16. The van der Waals surface area contributed by atoms with Crippen LogP contribution in [0.3, 0.4) is 0 Å². The predicted molar refractivity (Wildman–Crippen MR) is 101 cm³/mol. The van der Waals surface area contributed by atoms with E-state index < -0.39 is 0 Å². The molecule has 1 saturated carbocycles. The Morgan fingerprint density at radius 3 is 3.00 bits per heavy atom. The van der Waals surface area contributed by atoms with Crippen molar-refractivity contribution >= 4 is 40.3 Å². The van der Waals surface area contributed by atoms with Crippen molar-refractivity contribution in [3.05, 3.63) is 34.3 Å². The molecule has 8 heteroatoms. The maximum Gasteiger partial charge on any atom is 0.207 e. The fourth-order valence-electron chi connectivity index (χ4n) is 2.82. The van der Waals surface area contributed by atoms with E-state index in [4.69, 9.17) is 11.6 Å². The van der Waals surface area contributed by atoms with Crippen molar-refractivity contribution in [3.8, 4) is 0 Å². The first-order valence-electron chi connectivity index (χ1n) is 8.39. The first-order chi connectivity index (χ1) is 12.2. The lowest BCUT2D eigenvalue weighted by atomic mass is 10.1. The van der Waals surface area contributed by atoms with Crippen molar-refractivity contribution in [2.45, 2.75) is 43.8 Å². The third-order valence-electron chi connectivity index (χ3n) is 4.33. The third-order valence-corrected chi connectivity index (χ3v) is 5.80. The van der Waals surface area contributed by atoms with Crippen LogP contribution in [0.25, 0.3) is 11.2 Å². The predicted octanol–water partition coefficient (Wildman–Crippen LogP) is 4.18. The van der Waals surface area contributed by atoms with Crippen LogP contribution in [-0.4, -0.2) is 37.2 Å². The number of nitrogens with one attached hydrogen (secondary N) is 2. The number of fused-ring (bicyclic) bond motifs is 1. The zero-order valence-electron chi connectivity index (χ0n) is 14.1. The van der Waals surface area contributed by atoms with E-state index >= 15 is 0 Å². The minimum Gasteiger partial charge on any atom is -0.365 e. The molecule has 0 aliphatic heterocycles. The highest BCUT2D eigenvalue weighted by Gasteiger charge is 2.39. The monoisotopic (exact) mass is 374 g/mol. The first-order valence-corrected chi connectivity index (χ1v) is 9.76. The Morgan fingerprint density at radius 1 is 1.32 bits per heavy atom. The molecule has 0 amide bonds. The molecular formula is C17H19ClN6S. The molecule has 1 fully saturated rings. The second kappa shape index (κ2) is 6.80. The van der Waals surface area contributed by atoms with E-state index in [9.17, 15) is 0 Å². The average molecular weight is 375 g/mol. The molecule has 130 valence electrons. The van der Waals surface area contributed by atoms with E-state index in [0.29, 0.717) is 23.1 Å². The number of thioether (sulfide) groups is 1. The van der Waals surface area contributed by atoms with Gasteiger partial charge in [0.1, 0.15) is 0 Å². The summed E-state index contributed by atoms with van der Waals surface area (Å²) in [7, 11) is 0. The topological polar surface area (TPSA) is 79.4 Å². The summed E-state index contributed by atoms with van der Waals surface area (Å²) < 4.78 is 0. The highest BCUT2D eigenvalue weighted by molar-refractivity contribution is 7.99. The van der Waals surface area contributed by atoms with Gasteiger partial charge in [0.15, 0.2) is 16.5 Å². The number of benzene rings is 1. The van der Waals surface area contributed by atoms with Gasteiger partial charge in [0.25, 0.3) is 0 Å². The number of nitrogens with zero attached hydrogens (tertiary/aromatic N) is 4. The van der Waals surface area contributed by atoms with Crippen molar-refractivity contribution in [2.24, 2.45) is 0 Å². The molecule has 0 spiro atoms. The number of aromatic amines is 1. The molecule has 0 bridgehead atoms. The molecule has 2 heterocycles. The van der Waals surface area contributed by atoms with Gasteiger partial charge in [-0.3, -0.25) is 0 Å². The van der Waals surface area contributed by atoms with E-state index in [0.717, 1.165) is 40.2 Å². The van der Waals surface area contributed by atoms with Crippen molar-refractivity contribution in [1.29, 1.82) is 0 Å². The van der Waals surface area contributed by atoms with Crippen LogP contribution in [0.2, 0.25) is 5.02 Å². The van der Waals surface area contributed by atoms with E-state index in [-0.39, 0.29) is 0 Å². The van der Waals surface area contributed by atoms with Crippen LogP contribution in [-0.2, 0) is 0 Å². The van der Waals surface area contributed by atoms with E-state index in [1.54, 1.807) is 11.8 Å². The molecule has 1 aliphatic rings. The number of anilines is 1. The molecular weight excluding hydrogens is 356 g/mol. The Hall–Kier alpha value is -1.86. The van der Waals surface area contributed by atoms with E-state index in [2.05, 4.69) is 55.8 Å². The van der Waals surface area contributed by atoms with Gasteiger partial charge in [0.05, 0.1) is 0 Å². The normalized spacial score (nSPS) is 19.3. The number of hydrogen-bond acceptors (Lipinski definition) is 6. The van der Waals surface area contributed by atoms with Gasteiger partial charge in [-0.05, 0) is 37.0 Å². The van der Waals surface area contributed by atoms with Gasteiger partial charge in [0.2, 0.25) is 5.65 Å². The highest BCUT2D eigenvalue weighted by atomic mass is 35.5. The maximum atomic E-state index is 6.26. The lowest BCUT2D eigenvalue weighted by Crippen LogP contribution is -2.08. The molecule has 2 atom stereocenters. The number of rotatable bonds is 6. The molecule has 1 aromatic carbocycles. The molecule has 2 aromatic heterocycles. The zero-order chi connectivity index (χ0) is 17.4. The van der Waals surface area contributed by atoms with Gasteiger partial charge >= 0.3 is 0 Å². The Balaban J connectivity index is 1.54. The second-order valence-electron chi connectivity index (χ2n) is 6.30. The molecule has 0 saturated heterocycles. The quantitative estimate of drug-likeness (QED) is 0.497. The second-order valence-corrected chi connectivity index (χ2v) is 7.77. The molecule has 1 aliphatic carbocycles. The van der Waals surface area contributed by atoms with Crippen LogP contribution in [0.15, 0.2) is 23.4 Å². The molecule has 4 rings (SSSR count). The summed E-state index contributed by atoms with van der Waals surface area (Å²) >= 11 is 7.90. The van der Waals surface area contributed by atoms with Gasteiger partial charge in [-0.1, -0.05) is 42.4 Å². The van der Waals surface area contributed by atoms with Crippen LogP contribution in [0.4, 0.5) is 5.82 Å². The van der Waals surface area contributed by atoms with Crippen LogP contribution >= 0.6 is 23.4 Å². The Morgan fingerprint density at radius 2 is 2.20 bits per heavy atom. The standard InChI is InChI=1S/C17H19ClN6S/c1-3-6-25-17-20-15(14-16(21-17)23-24-22-14)19-13-8-11(13)10-5-4-9(2)12(18)7-10/h4-5,7,11,13H,3,6,8H2,1-2H3,(H2,19,20,21,22,23,24). The van der Waals surface area contributed by atoms with Crippen molar-refractivity contribution in [1.82, 2.24) is 25.4 Å². The van der Waals surface area contributed by atoms with Crippen molar-refractivity contribution in [2.75, 3.05) is 11.1 Å². The highest BCUT2D eigenvalue weighted by Crippen LogP contribution is 2.44. The number of halogens is 1. The Labute approximate surface area is 155 Å². The van der Waals surface area contributed by atoms with Crippen molar-refractivity contribution < 1.29 is 0 Å². The molecule has 6 nitrogen and oxygen atoms in total. The van der Waals surface area contributed by atoms with Crippen LogP contribution < -0.4 is 5.32 Å². The number of hydrogen-bond donors (Lipinski definition) is 2. The molecule has 0 radical (unpaired) electrons. The minimum absolute atomic E-state index is 0.331. The summed E-state index contributed by atoms with van der Waals surface area (Å²) in [5.74, 6) is 2.18. The van der Waals surface area contributed by atoms with Crippen LogP contribution in [0.5, 0.6) is 0 Å². The van der Waals surface area contributed by atoms with Gasteiger partial charge in [-0.15, -0.1) is 5.10 Å². The first kappa shape index (κ1) is 16.6. The number of aromatic nitrogens is 5. The zero-order valence-corrected chi connectivity index (χ0v) is 15.7. The summed E-state index contributed by atoms with van der Waals surface area (Å²) in [4.78, 5) is 9.09. The number of aryl methyl sites for hydroxylation is 1. The van der Waals surface area contributed by atoms with Crippen molar-refractivity contribution in [3.63, 3.8) is 0 Å². The summed E-state index contributed by atoms with van der Waals surface area (Å²) in [5, 5.41) is 16.0. The van der Waals surface area contributed by atoms with Gasteiger partial charge in [-0.25, -0.2) is 4.98 Å². The average Bonchev–Trinajstić information content (AvgIpc) is 3.19. The maximum absolute atomic E-state index is 6.26. The summed E-state index contributed by atoms with van der Waals surface area (Å²) in [6.07, 6.45) is 2.13. The minimum atomic E-state index is 0.331. The number of H-pyrrole nitrogens is 1. The van der Waals surface area contributed by atoms with Crippen LogP contribution in [0.1, 0.15) is 36.8 Å². The lowest BCUT2D eigenvalue weighted by molar-refractivity contribution is 0.943. The SMILES string of the molecule is CCCSc1nc(NC2CC2c2ccc(C)c(Cl)c2)c2n[nH]nc2n1. The molecule has 25 heavy (non-hydrogen) atoms. The Bertz CT molecular complexity index is 911. The fourth-order valence-corrected chi connectivity index (χ4v) is 3.71. The van der Waals surface area contributed by atoms with Gasteiger partial charge in [-0.2, -0.15) is 15.3 Å². The largest absolute Gasteiger partial charge is 0.365 e. The smallest absolute Gasteiger partial charge is 0.207 e. The van der Waals surface area contributed by atoms with E-state index in [1.165, 1.54) is 5.56 Å². The van der Waals surface area contributed by atoms with Crippen LogP contribution in [0, 0.1) is 6.92 Å². The fraction of sp³-hybridized carbons (Fsp3) is 0.412. The van der Waals surface area contributed by atoms with Gasteiger partial charge < -0.3 is 5.32 Å². The third kappa shape index (κ3) is 3.43. The Kier molecular flexibility index (Phi) is 4.52. The van der Waals surface area contributed by atoms with Gasteiger partial charge in [0, 0.05) is 22.7 Å². The summed E-state index contributed by atoms with van der Waals surface area (Å²) in [5.41, 5.74) is 3.66. The van der Waals surface area contributed by atoms with E-state index in [1.807, 2.05) is 6.92 Å². The molecule has 2 unspecified atom stereocenters. The molecule has 2 N–H and O–H groups in total.